The first-order valence-corrected chi connectivity index (χ1v) is 6.24. The number of benzene rings is 1. The lowest BCUT2D eigenvalue weighted by Crippen LogP contribution is -2.06. The summed E-state index contributed by atoms with van der Waals surface area (Å²) in [4.78, 5) is 11.3. The van der Waals surface area contributed by atoms with Crippen molar-refractivity contribution in [3.8, 4) is 5.75 Å². The van der Waals surface area contributed by atoms with Crippen molar-refractivity contribution >= 4 is 40.8 Å². The van der Waals surface area contributed by atoms with Gasteiger partial charge in [-0.1, -0.05) is 34.8 Å². The molecule has 0 unspecified atom stereocenters. The van der Waals surface area contributed by atoms with Gasteiger partial charge in [-0.05, 0) is 26.0 Å². The van der Waals surface area contributed by atoms with Gasteiger partial charge in [-0.3, -0.25) is 0 Å². The first-order valence-electron chi connectivity index (χ1n) is 5.10. The highest BCUT2D eigenvalue weighted by Gasteiger charge is 2.10. The lowest BCUT2D eigenvalue weighted by molar-refractivity contribution is -0.138. The first kappa shape index (κ1) is 15.2. The summed E-state index contributed by atoms with van der Waals surface area (Å²) in [6, 6.07) is 3.00. The molecule has 0 amide bonds. The van der Waals surface area contributed by atoms with E-state index in [0.29, 0.717) is 17.2 Å². The second kappa shape index (κ2) is 6.88. The average Bonchev–Trinajstić information content (AvgIpc) is 2.27. The zero-order valence-electron chi connectivity index (χ0n) is 9.80. The molecule has 0 fully saturated rings. The van der Waals surface area contributed by atoms with E-state index in [-0.39, 0.29) is 15.8 Å². The summed E-state index contributed by atoms with van der Waals surface area (Å²) in [5.41, 5.74) is 0.305. The fourth-order valence-electron chi connectivity index (χ4n) is 1.08. The van der Waals surface area contributed by atoms with Gasteiger partial charge in [0, 0.05) is 5.02 Å². The topological polar surface area (TPSA) is 35.5 Å². The van der Waals surface area contributed by atoms with Crippen molar-refractivity contribution < 1.29 is 14.3 Å². The second-order valence-electron chi connectivity index (χ2n) is 3.34. The van der Waals surface area contributed by atoms with Crippen molar-refractivity contribution in [2.45, 2.75) is 13.8 Å². The first-order chi connectivity index (χ1) is 8.45. The molecule has 0 saturated heterocycles. The number of carbonyl (C=O) groups is 1. The molecule has 1 aromatic rings. The average molecular weight is 310 g/mol. The zero-order valence-corrected chi connectivity index (χ0v) is 12.1. The van der Waals surface area contributed by atoms with E-state index in [4.69, 9.17) is 44.3 Å². The summed E-state index contributed by atoms with van der Waals surface area (Å²) in [5.74, 6) is -0.218. The molecule has 0 aliphatic carbocycles. The van der Waals surface area contributed by atoms with E-state index in [2.05, 4.69) is 0 Å². The van der Waals surface area contributed by atoms with E-state index < -0.39 is 5.97 Å². The van der Waals surface area contributed by atoms with E-state index >= 15 is 0 Å². The Morgan fingerprint density at radius 3 is 2.33 bits per heavy atom. The Morgan fingerprint density at radius 2 is 1.83 bits per heavy atom. The lowest BCUT2D eigenvalue weighted by atomic mass is 10.3. The van der Waals surface area contributed by atoms with Gasteiger partial charge in [0.15, 0.2) is 5.75 Å². The molecule has 6 heteroatoms. The number of hydrogen-bond donors (Lipinski definition) is 0. The molecule has 0 aliphatic heterocycles. The fourth-order valence-corrected chi connectivity index (χ4v) is 1.99. The van der Waals surface area contributed by atoms with Gasteiger partial charge in [0.1, 0.15) is 6.26 Å². The van der Waals surface area contributed by atoms with Crippen LogP contribution in [0.15, 0.2) is 24.0 Å². The highest BCUT2D eigenvalue weighted by molar-refractivity contribution is 6.40. The molecule has 0 atom stereocenters. The predicted octanol–water partition coefficient (Wildman–Crippen LogP) is 4.49. The Bertz CT molecular complexity index is 460. The molecule has 0 radical (unpaired) electrons. The number of ether oxygens (including phenoxy) is 2. The molecule has 0 N–H and O–H groups in total. The normalized spacial score (nSPS) is 11.3. The van der Waals surface area contributed by atoms with Crippen LogP contribution >= 0.6 is 34.8 Å². The Balaban J connectivity index is 2.86. The van der Waals surface area contributed by atoms with Gasteiger partial charge in [-0.2, -0.15) is 0 Å². The molecule has 0 aliphatic rings. The van der Waals surface area contributed by atoms with Crippen LogP contribution in [0.1, 0.15) is 13.8 Å². The van der Waals surface area contributed by atoms with Crippen LogP contribution in [0.25, 0.3) is 0 Å². The van der Waals surface area contributed by atoms with Crippen molar-refractivity contribution in [1.29, 1.82) is 0 Å². The van der Waals surface area contributed by atoms with Crippen molar-refractivity contribution in [3.63, 3.8) is 0 Å². The highest BCUT2D eigenvalue weighted by Crippen LogP contribution is 2.36. The molecule has 1 rings (SSSR count). The molecule has 18 heavy (non-hydrogen) atoms. The molecular weight excluding hydrogens is 298 g/mol. The van der Waals surface area contributed by atoms with Crippen LogP contribution in [0.5, 0.6) is 5.75 Å². The lowest BCUT2D eigenvalue weighted by Gasteiger charge is -2.07. The van der Waals surface area contributed by atoms with Crippen LogP contribution in [-0.4, -0.2) is 12.6 Å². The van der Waals surface area contributed by atoms with Crippen LogP contribution in [0, 0.1) is 0 Å². The van der Waals surface area contributed by atoms with E-state index in [0.717, 1.165) is 0 Å². The van der Waals surface area contributed by atoms with Gasteiger partial charge in [0.05, 0.1) is 22.2 Å². The van der Waals surface area contributed by atoms with Gasteiger partial charge in [-0.25, -0.2) is 4.79 Å². The molecule has 0 bridgehead atoms. The maximum atomic E-state index is 11.3. The van der Waals surface area contributed by atoms with Crippen LogP contribution in [-0.2, 0) is 9.53 Å². The SMILES string of the molecule is CCOC(=O)C(C)=COc1c(Cl)cc(Cl)cc1Cl. The number of carbonyl (C=O) groups excluding carboxylic acids is 1. The molecular formula is C12H11Cl3O3. The van der Waals surface area contributed by atoms with Crippen LogP contribution < -0.4 is 4.74 Å². The summed E-state index contributed by atoms with van der Waals surface area (Å²) >= 11 is 17.6. The molecule has 3 nitrogen and oxygen atoms in total. The van der Waals surface area contributed by atoms with E-state index in [9.17, 15) is 4.79 Å². The van der Waals surface area contributed by atoms with E-state index in [1.807, 2.05) is 0 Å². The van der Waals surface area contributed by atoms with Crippen molar-refractivity contribution in [2.24, 2.45) is 0 Å². The minimum absolute atomic E-state index is 0.242. The summed E-state index contributed by atoms with van der Waals surface area (Å²) in [5, 5.41) is 0.935. The van der Waals surface area contributed by atoms with Gasteiger partial charge < -0.3 is 9.47 Å². The maximum absolute atomic E-state index is 11.3. The van der Waals surface area contributed by atoms with Gasteiger partial charge >= 0.3 is 5.97 Å². The summed E-state index contributed by atoms with van der Waals surface area (Å²) < 4.78 is 10.1. The molecule has 0 heterocycles. The maximum Gasteiger partial charge on any atom is 0.336 e. The Morgan fingerprint density at radius 1 is 1.28 bits per heavy atom. The van der Waals surface area contributed by atoms with Crippen molar-refractivity contribution in [3.05, 3.63) is 39.0 Å². The van der Waals surface area contributed by atoms with Crippen LogP contribution in [0.4, 0.5) is 0 Å². The van der Waals surface area contributed by atoms with Gasteiger partial charge in [-0.15, -0.1) is 0 Å². The third kappa shape index (κ3) is 4.09. The molecule has 0 saturated carbocycles. The smallest absolute Gasteiger partial charge is 0.336 e. The van der Waals surface area contributed by atoms with Gasteiger partial charge in [0.25, 0.3) is 0 Å². The monoisotopic (exact) mass is 308 g/mol. The van der Waals surface area contributed by atoms with Crippen molar-refractivity contribution in [2.75, 3.05) is 6.61 Å². The van der Waals surface area contributed by atoms with E-state index in [1.54, 1.807) is 13.8 Å². The Hall–Kier alpha value is -0.900. The molecule has 0 spiro atoms. The second-order valence-corrected chi connectivity index (χ2v) is 4.59. The molecule has 0 aromatic heterocycles. The molecule has 1 aromatic carbocycles. The quantitative estimate of drug-likeness (QED) is 0.467. The number of rotatable bonds is 4. The third-order valence-electron chi connectivity index (χ3n) is 1.91. The van der Waals surface area contributed by atoms with Crippen LogP contribution in [0.2, 0.25) is 15.1 Å². The Labute approximate surface area is 120 Å². The van der Waals surface area contributed by atoms with Crippen molar-refractivity contribution in [1.82, 2.24) is 0 Å². The summed E-state index contributed by atoms with van der Waals surface area (Å²) in [6.07, 6.45) is 1.24. The fraction of sp³-hybridized carbons (Fsp3) is 0.250. The number of halogens is 3. The minimum Gasteiger partial charge on any atom is -0.463 e. The minimum atomic E-state index is -0.460. The van der Waals surface area contributed by atoms with Gasteiger partial charge in [0.2, 0.25) is 0 Å². The zero-order chi connectivity index (χ0) is 13.7. The van der Waals surface area contributed by atoms with E-state index in [1.165, 1.54) is 18.4 Å². The number of esters is 1. The standard InChI is InChI=1S/C12H11Cl3O3/c1-3-17-12(16)7(2)6-18-11-9(14)4-8(13)5-10(11)15/h4-6H,3H2,1-2H3. The largest absolute Gasteiger partial charge is 0.463 e. The summed E-state index contributed by atoms with van der Waals surface area (Å²) in [7, 11) is 0. The number of hydrogen-bond acceptors (Lipinski definition) is 3. The predicted molar refractivity (Wildman–Crippen MR) is 72.5 cm³/mol. The summed E-state index contributed by atoms with van der Waals surface area (Å²) in [6.45, 7) is 3.58. The highest BCUT2D eigenvalue weighted by atomic mass is 35.5. The Kier molecular flexibility index (Phi) is 5.79. The third-order valence-corrected chi connectivity index (χ3v) is 2.69. The van der Waals surface area contributed by atoms with Crippen LogP contribution in [0.3, 0.4) is 0 Å². The molecule has 98 valence electrons.